The summed E-state index contributed by atoms with van der Waals surface area (Å²) < 4.78 is 14.1. The molecule has 0 saturated carbocycles. The van der Waals surface area contributed by atoms with Crippen LogP contribution in [0.3, 0.4) is 0 Å². The number of likely N-dealkylation sites (N-methyl/N-ethyl adjacent to an activating group) is 1. The van der Waals surface area contributed by atoms with Crippen molar-refractivity contribution in [3.8, 4) is 0 Å². The predicted octanol–water partition coefficient (Wildman–Crippen LogP) is 3.01. The second kappa shape index (κ2) is 6.79. The van der Waals surface area contributed by atoms with Gasteiger partial charge in [-0.05, 0) is 25.2 Å². The third-order valence-electron chi connectivity index (χ3n) is 3.23. The maximum Gasteiger partial charge on any atom is 0.146 e. The van der Waals surface area contributed by atoms with Crippen LogP contribution in [0.2, 0.25) is 5.02 Å². The van der Waals surface area contributed by atoms with Gasteiger partial charge < -0.3 is 5.73 Å². The molecule has 0 saturated heterocycles. The van der Waals surface area contributed by atoms with Crippen molar-refractivity contribution in [1.29, 1.82) is 0 Å². The predicted molar refractivity (Wildman–Crippen MR) is 78.9 cm³/mol. The highest BCUT2D eigenvalue weighted by atomic mass is 35.5. The highest BCUT2D eigenvalue weighted by molar-refractivity contribution is 6.30. The van der Waals surface area contributed by atoms with Gasteiger partial charge in [0.2, 0.25) is 0 Å². The molecule has 5 heteroatoms. The normalized spacial score (nSPS) is 12.7. The molecule has 20 heavy (non-hydrogen) atoms. The molecule has 2 aromatic rings. The molecule has 2 N–H and O–H groups in total. The van der Waals surface area contributed by atoms with Gasteiger partial charge in [-0.2, -0.15) is 0 Å². The van der Waals surface area contributed by atoms with E-state index in [1.165, 1.54) is 6.07 Å². The lowest BCUT2D eigenvalue weighted by molar-refractivity contribution is 0.234. The Morgan fingerprint density at radius 2 is 2.10 bits per heavy atom. The van der Waals surface area contributed by atoms with Gasteiger partial charge in [0.25, 0.3) is 0 Å². The van der Waals surface area contributed by atoms with Crippen molar-refractivity contribution < 1.29 is 4.39 Å². The Balaban J connectivity index is 2.21. The lowest BCUT2D eigenvalue weighted by Crippen LogP contribution is -2.31. The van der Waals surface area contributed by atoms with Gasteiger partial charge >= 0.3 is 0 Å². The van der Waals surface area contributed by atoms with E-state index in [4.69, 9.17) is 17.3 Å². The highest BCUT2D eigenvalue weighted by Crippen LogP contribution is 2.26. The molecular formula is C15H17ClFN3. The molecular weight excluding hydrogens is 277 g/mol. The van der Waals surface area contributed by atoms with Crippen molar-refractivity contribution >= 4 is 11.6 Å². The van der Waals surface area contributed by atoms with Crippen LogP contribution in [0, 0.1) is 5.82 Å². The number of aromatic nitrogens is 1. The van der Waals surface area contributed by atoms with Crippen molar-refractivity contribution in [3.05, 3.63) is 64.7 Å². The van der Waals surface area contributed by atoms with Crippen LogP contribution in [0.5, 0.6) is 0 Å². The Labute approximate surface area is 123 Å². The van der Waals surface area contributed by atoms with Crippen LogP contribution >= 0.6 is 11.6 Å². The number of halogens is 2. The summed E-state index contributed by atoms with van der Waals surface area (Å²) in [7, 11) is 1.90. The Kier molecular flexibility index (Phi) is 5.06. The van der Waals surface area contributed by atoms with E-state index in [1.807, 2.05) is 30.1 Å². The van der Waals surface area contributed by atoms with Gasteiger partial charge in [0, 0.05) is 24.8 Å². The van der Waals surface area contributed by atoms with E-state index in [0.29, 0.717) is 18.7 Å². The highest BCUT2D eigenvalue weighted by Gasteiger charge is 2.20. The smallest absolute Gasteiger partial charge is 0.146 e. The molecule has 1 heterocycles. The largest absolute Gasteiger partial charge is 0.329 e. The molecule has 106 valence electrons. The minimum absolute atomic E-state index is 0.118. The molecule has 0 bridgehead atoms. The van der Waals surface area contributed by atoms with Gasteiger partial charge in [0.15, 0.2) is 0 Å². The first kappa shape index (κ1) is 14.9. The van der Waals surface area contributed by atoms with Crippen molar-refractivity contribution in [2.75, 3.05) is 13.6 Å². The summed E-state index contributed by atoms with van der Waals surface area (Å²) in [6.07, 6.45) is 1.74. The Bertz CT molecular complexity index is 562. The van der Waals surface area contributed by atoms with E-state index in [-0.39, 0.29) is 11.1 Å². The number of benzene rings is 1. The second-order valence-electron chi connectivity index (χ2n) is 4.63. The van der Waals surface area contributed by atoms with Crippen molar-refractivity contribution in [1.82, 2.24) is 9.88 Å². The first-order valence-corrected chi connectivity index (χ1v) is 6.75. The Hall–Kier alpha value is -1.49. The first-order chi connectivity index (χ1) is 9.63. The van der Waals surface area contributed by atoms with Crippen molar-refractivity contribution in [2.45, 2.75) is 12.6 Å². The number of hydrogen-bond donors (Lipinski definition) is 1. The summed E-state index contributed by atoms with van der Waals surface area (Å²) in [6, 6.07) is 10.5. The van der Waals surface area contributed by atoms with Crippen LogP contribution in [0.1, 0.15) is 17.3 Å². The summed E-state index contributed by atoms with van der Waals surface area (Å²) in [4.78, 5) is 6.24. The van der Waals surface area contributed by atoms with Gasteiger partial charge in [-0.1, -0.05) is 29.8 Å². The van der Waals surface area contributed by atoms with Crippen molar-refractivity contribution in [3.63, 3.8) is 0 Å². The molecule has 3 nitrogen and oxygen atoms in total. The number of rotatable bonds is 5. The first-order valence-electron chi connectivity index (χ1n) is 6.37. The fourth-order valence-corrected chi connectivity index (χ4v) is 2.36. The zero-order chi connectivity index (χ0) is 14.5. The number of hydrogen-bond acceptors (Lipinski definition) is 3. The van der Waals surface area contributed by atoms with Gasteiger partial charge in [-0.15, -0.1) is 0 Å². The second-order valence-corrected chi connectivity index (χ2v) is 5.04. The third kappa shape index (κ3) is 3.33. The van der Waals surface area contributed by atoms with E-state index in [2.05, 4.69) is 4.98 Å². The molecule has 1 aromatic carbocycles. The van der Waals surface area contributed by atoms with E-state index in [1.54, 1.807) is 18.3 Å². The average Bonchev–Trinajstić information content (AvgIpc) is 2.45. The monoisotopic (exact) mass is 293 g/mol. The van der Waals surface area contributed by atoms with Crippen LogP contribution in [-0.4, -0.2) is 23.5 Å². The molecule has 0 radical (unpaired) electrons. The number of pyridine rings is 1. The van der Waals surface area contributed by atoms with Gasteiger partial charge in [0.05, 0.1) is 16.8 Å². The minimum atomic E-state index is -0.405. The summed E-state index contributed by atoms with van der Waals surface area (Å²) in [5, 5.41) is 0.118. The summed E-state index contributed by atoms with van der Waals surface area (Å²) in [6.45, 7) is 0.898. The molecule has 0 spiro atoms. The van der Waals surface area contributed by atoms with E-state index < -0.39 is 5.82 Å². The molecule has 0 aliphatic heterocycles. The van der Waals surface area contributed by atoms with Crippen LogP contribution in [-0.2, 0) is 6.54 Å². The summed E-state index contributed by atoms with van der Waals surface area (Å²) >= 11 is 5.83. The lowest BCUT2D eigenvalue weighted by atomic mass is 10.0. The fourth-order valence-electron chi connectivity index (χ4n) is 2.18. The number of nitrogens with zero attached hydrogens (tertiary/aromatic N) is 2. The molecule has 1 atom stereocenters. The van der Waals surface area contributed by atoms with Crippen LogP contribution < -0.4 is 5.73 Å². The van der Waals surface area contributed by atoms with Crippen molar-refractivity contribution in [2.24, 2.45) is 5.73 Å². The lowest BCUT2D eigenvalue weighted by Gasteiger charge is -2.27. The summed E-state index contributed by atoms with van der Waals surface area (Å²) in [5.74, 6) is -0.405. The van der Waals surface area contributed by atoms with Gasteiger partial charge in [-0.3, -0.25) is 9.88 Å². The zero-order valence-electron chi connectivity index (χ0n) is 11.3. The topological polar surface area (TPSA) is 42.2 Å². The third-order valence-corrected chi connectivity index (χ3v) is 3.53. The fraction of sp³-hybridized carbons (Fsp3) is 0.267. The molecule has 0 amide bonds. The summed E-state index contributed by atoms with van der Waals surface area (Å²) in [5.41, 5.74) is 7.23. The molecule has 0 aliphatic carbocycles. The molecule has 1 unspecified atom stereocenters. The standard InChI is InChI=1S/C15H17ClFN3/c1-20(10-11-5-2-3-8-19-11)14(9-18)12-6-4-7-13(16)15(12)17/h2-8,14H,9-10,18H2,1H3. The molecule has 0 aliphatic rings. The maximum atomic E-state index is 14.1. The number of nitrogens with two attached hydrogens (primary N) is 1. The van der Waals surface area contributed by atoms with E-state index in [9.17, 15) is 4.39 Å². The molecule has 0 fully saturated rings. The van der Waals surface area contributed by atoms with Gasteiger partial charge in [0.1, 0.15) is 5.82 Å². The Morgan fingerprint density at radius 1 is 1.30 bits per heavy atom. The van der Waals surface area contributed by atoms with Crippen LogP contribution in [0.4, 0.5) is 4.39 Å². The maximum absolute atomic E-state index is 14.1. The minimum Gasteiger partial charge on any atom is -0.329 e. The Morgan fingerprint density at radius 3 is 2.75 bits per heavy atom. The molecule has 1 aromatic heterocycles. The van der Waals surface area contributed by atoms with Crippen LogP contribution in [0.15, 0.2) is 42.6 Å². The molecule has 2 rings (SSSR count). The quantitative estimate of drug-likeness (QED) is 0.921. The average molecular weight is 294 g/mol. The van der Waals surface area contributed by atoms with E-state index >= 15 is 0 Å². The van der Waals surface area contributed by atoms with Crippen LogP contribution in [0.25, 0.3) is 0 Å². The van der Waals surface area contributed by atoms with E-state index in [0.717, 1.165) is 5.69 Å². The zero-order valence-corrected chi connectivity index (χ0v) is 12.0. The SMILES string of the molecule is CN(Cc1ccccn1)C(CN)c1cccc(Cl)c1F. The van der Waals surface area contributed by atoms with Gasteiger partial charge in [-0.25, -0.2) is 4.39 Å².